The lowest BCUT2D eigenvalue weighted by molar-refractivity contribution is -0.145. The quantitative estimate of drug-likeness (QED) is 0.334. The maximum Gasteiger partial charge on any atom is 0.155 e. The Morgan fingerprint density at radius 1 is 1.00 bits per heavy atom. The van der Waals surface area contributed by atoms with Crippen molar-refractivity contribution in [3.8, 4) is 0 Å². The average Bonchev–Trinajstić information content (AvgIpc) is 3.03. The number of alkyl halides is 1. The third kappa shape index (κ3) is 4.69. The number of carbonyl (C=O) groups is 2. The number of allylic oxidation sites excluding steroid dienone is 1. The summed E-state index contributed by atoms with van der Waals surface area (Å²) in [5, 5.41) is 11.3. The number of hydrogen-bond acceptors (Lipinski definition) is 3. The fraction of sp³-hybridized carbons (Fsp3) is 0.852. The highest BCUT2D eigenvalue weighted by Gasteiger charge is 2.61. The first-order valence-electron chi connectivity index (χ1n) is 13.0. The summed E-state index contributed by atoms with van der Waals surface area (Å²) in [5.74, 6) is 3.41. The molecule has 0 bridgehead atoms. The Morgan fingerprint density at radius 2 is 1.71 bits per heavy atom. The fourth-order valence-electron chi connectivity index (χ4n) is 7.89. The van der Waals surface area contributed by atoms with Crippen LogP contribution in [0.25, 0.3) is 0 Å². The second kappa shape index (κ2) is 10.1. The van der Waals surface area contributed by atoms with Crippen molar-refractivity contribution in [1.82, 2.24) is 0 Å². The van der Waals surface area contributed by atoms with E-state index < -0.39 is 6.10 Å². The van der Waals surface area contributed by atoms with Crippen LogP contribution < -0.4 is 0 Å². The Morgan fingerprint density at radius 3 is 2.45 bits per heavy atom. The Balaban J connectivity index is 1.45. The number of fused-ring (bicyclic) bond motifs is 5. The molecule has 0 aromatic heterocycles. The van der Waals surface area contributed by atoms with E-state index in [1.54, 1.807) is 0 Å². The SMILES string of the molecule is C[C@]12C[C@@H](O)[C@H]3[C@@H]([C@H](CCCCCCCCCCl)CC4=CC(=O)CC[C@@H]43)[C@@H]1CCC2=O. The number of unbranched alkanes of at least 4 members (excludes halogenated alkanes) is 6. The zero-order valence-corrected chi connectivity index (χ0v) is 20.0. The molecule has 7 atom stereocenters. The van der Waals surface area contributed by atoms with Crippen LogP contribution in [0.1, 0.15) is 96.8 Å². The van der Waals surface area contributed by atoms with Gasteiger partial charge in [-0.05, 0) is 74.2 Å². The summed E-state index contributed by atoms with van der Waals surface area (Å²) < 4.78 is 0. The molecule has 174 valence electrons. The van der Waals surface area contributed by atoms with Crippen molar-refractivity contribution in [3.63, 3.8) is 0 Å². The molecule has 4 aliphatic carbocycles. The van der Waals surface area contributed by atoms with Crippen LogP contribution in [0.2, 0.25) is 0 Å². The molecule has 0 aromatic carbocycles. The number of aliphatic hydroxyl groups excluding tert-OH is 1. The molecule has 0 spiro atoms. The van der Waals surface area contributed by atoms with E-state index in [1.165, 1.54) is 50.5 Å². The first-order chi connectivity index (χ1) is 15.0. The van der Waals surface area contributed by atoms with E-state index in [2.05, 4.69) is 6.92 Å². The maximum atomic E-state index is 12.8. The van der Waals surface area contributed by atoms with Crippen LogP contribution in [0, 0.1) is 35.0 Å². The van der Waals surface area contributed by atoms with Crippen LogP contribution in [0.15, 0.2) is 11.6 Å². The minimum Gasteiger partial charge on any atom is -0.393 e. The monoisotopic (exact) mass is 448 g/mol. The zero-order valence-electron chi connectivity index (χ0n) is 19.3. The first-order valence-corrected chi connectivity index (χ1v) is 13.5. The van der Waals surface area contributed by atoms with Crippen molar-refractivity contribution in [2.24, 2.45) is 35.0 Å². The van der Waals surface area contributed by atoms with E-state index in [-0.39, 0.29) is 17.1 Å². The summed E-state index contributed by atoms with van der Waals surface area (Å²) in [6, 6.07) is 0. The number of hydrogen-bond donors (Lipinski definition) is 1. The lowest BCUT2D eigenvalue weighted by atomic mass is 9.48. The Hall–Kier alpha value is -0.670. The summed E-state index contributed by atoms with van der Waals surface area (Å²) in [6.45, 7) is 2.14. The number of aliphatic hydroxyl groups is 1. The van der Waals surface area contributed by atoms with Crippen LogP contribution in [-0.2, 0) is 9.59 Å². The van der Waals surface area contributed by atoms with Crippen LogP contribution >= 0.6 is 11.6 Å². The molecular formula is C27H41ClO3. The van der Waals surface area contributed by atoms with Gasteiger partial charge in [0.15, 0.2) is 5.78 Å². The second-order valence-electron chi connectivity index (χ2n) is 11.2. The molecule has 4 heteroatoms. The van der Waals surface area contributed by atoms with Gasteiger partial charge in [0.25, 0.3) is 0 Å². The van der Waals surface area contributed by atoms with Gasteiger partial charge in [-0.25, -0.2) is 0 Å². The van der Waals surface area contributed by atoms with Gasteiger partial charge in [-0.3, -0.25) is 9.59 Å². The number of Topliss-reactive ketones (excluding diaryl/α,β-unsaturated/α-hetero) is 1. The predicted molar refractivity (Wildman–Crippen MR) is 125 cm³/mol. The highest BCUT2D eigenvalue weighted by Crippen LogP contribution is 2.62. The van der Waals surface area contributed by atoms with E-state index in [1.807, 2.05) is 6.08 Å². The minimum absolute atomic E-state index is 0.248. The van der Waals surface area contributed by atoms with E-state index in [4.69, 9.17) is 11.6 Å². The van der Waals surface area contributed by atoms with E-state index in [0.29, 0.717) is 48.7 Å². The number of ketones is 2. The highest BCUT2D eigenvalue weighted by atomic mass is 35.5. The summed E-state index contributed by atoms with van der Waals surface area (Å²) in [5.41, 5.74) is 0.989. The van der Waals surface area contributed by atoms with Gasteiger partial charge in [-0.15, -0.1) is 11.6 Å². The number of halogens is 1. The molecule has 0 unspecified atom stereocenters. The molecular weight excluding hydrogens is 408 g/mol. The molecule has 0 aromatic rings. The third-order valence-corrected chi connectivity index (χ3v) is 9.63. The first kappa shape index (κ1) is 23.5. The summed E-state index contributed by atoms with van der Waals surface area (Å²) >= 11 is 5.77. The molecule has 0 heterocycles. The number of carbonyl (C=O) groups excluding carboxylic acids is 2. The minimum atomic E-state index is -0.403. The van der Waals surface area contributed by atoms with Crippen molar-refractivity contribution >= 4 is 23.2 Å². The van der Waals surface area contributed by atoms with Gasteiger partial charge in [0, 0.05) is 24.1 Å². The zero-order chi connectivity index (χ0) is 22.0. The topological polar surface area (TPSA) is 54.4 Å². The van der Waals surface area contributed by atoms with Gasteiger partial charge in [0.2, 0.25) is 0 Å². The molecule has 0 amide bonds. The average molecular weight is 449 g/mol. The van der Waals surface area contributed by atoms with Crippen molar-refractivity contribution in [1.29, 1.82) is 0 Å². The molecule has 0 radical (unpaired) electrons. The highest BCUT2D eigenvalue weighted by molar-refractivity contribution is 6.17. The summed E-state index contributed by atoms with van der Waals surface area (Å²) in [6.07, 6.45) is 16.3. The van der Waals surface area contributed by atoms with Crippen molar-refractivity contribution in [3.05, 3.63) is 11.6 Å². The molecule has 3 fully saturated rings. The molecule has 3 saturated carbocycles. The van der Waals surface area contributed by atoms with Crippen molar-refractivity contribution in [2.75, 3.05) is 5.88 Å². The van der Waals surface area contributed by atoms with E-state index in [9.17, 15) is 14.7 Å². The Bertz CT molecular complexity index is 701. The summed E-state index contributed by atoms with van der Waals surface area (Å²) in [7, 11) is 0. The van der Waals surface area contributed by atoms with Gasteiger partial charge >= 0.3 is 0 Å². The normalized spacial score (nSPS) is 39.6. The van der Waals surface area contributed by atoms with Crippen LogP contribution in [0.5, 0.6) is 0 Å². The Labute approximate surface area is 193 Å². The summed E-state index contributed by atoms with van der Waals surface area (Å²) in [4.78, 5) is 25.0. The maximum absolute atomic E-state index is 12.8. The largest absolute Gasteiger partial charge is 0.393 e. The lowest BCUT2D eigenvalue weighted by Crippen LogP contribution is -2.55. The van der Waals surface area contributed by atoms with Gasteiger partial charge in [-0.2, -0.15) is 0 Å². The fourth-order valence-corrected chi connectivity index (χ4v) is 8.08. The van der Waals surface area contributed by atoms with Gasteiger partial charge in [0.1, 0.15) is 5.78 Å². The van der Waals surface area contributed by atoms with E-state index >= 15 is 0 Å². The van der Waals surface area contributed by atoms with Crippen LogP contribution in [0.4, 0.5) is 0 Å². The second-order valence-corrected chi connectivity index (χ2v) is 11.5. The third-order valence-electron chi connectivity index (χ3n) is 9.36. The smallest absolute Gasteiger partial charge is 0.155 e. The molecule has 31 heavy (non-hydrogen) atoms. The molecule has 0 saturated heterocycles. The molecule has 1 N–H and O–H groups in total. The van der Waals surface area contributed by atoms with Crippen molar-refractivity contribution in [2.45, 2.75) is 103 Å². The number of rotatable bonds is 9. The van der Waals surface area contributed by atoms with Gasteiger partial charge in [-0.1, -0.05) is 51.0 Å². The lowest BCUT2D eigenvalue weighted by Gasteiger charge is -2.57. The Kier molecular flexibility index (Phi) is 7.64. The van der Waals surface area contributed by atoms with Gasteiger partial charge in [0.05, 0.1) is 6.10 Å². The predicted octanol–water partition coefficient (Wildman–Crippen LogP) is 6.25. The molecule has 3 nitrogen and oxygen atoms in total. The van der Waals surface area contributed by atoms with Crippen LogP contribution in [0.3, 0.4) is 0 Å². The van der Waals surface area contributed by atoms with E-state index in [0.717, 1.165) is 31.6 Å². The van der Waals surface area contributed by atoms with Crippen molar-refractivity contribution < 1.29 is 14.7 Å². The standard InChI is InChI=1S/C27H41ClO3/c1-27-17-23(30)26-21-11-10-20(29)16-19(21)15-18(25(26)22(27)12-13-24(27)31)9-7-5-3-2-4-6-8-14-28/h16,18,21-23,25-26,30H,2-15,17H2,1H3/t18-,21+,22+,23-,25+,26+,27+/m1/s1. The van der Waals surface area contributed by atoms with Crippen LogP contribution in [-0.4, -0.2) is 28.7 Å². The van der Waals surface area contributed by atoms with Gasteiger partial charge < -0.3 is 5.11 Å². The molecule has 0 aliphatic heterocycles. The molecule has 4 aliphatic rings. The molecule has 4 rings (SSSR count).